The molecule has 0 saturated heterocycles. The van der Waals surface area contributed by atoms with E-state index in [4.69, 9.17) is 4.99 Å². The van der Waals surface area contributed by atoms with Gasteiger partial charge in [0.05, 0.1) is 17.1 Å². The summed E-state index contributed by atoms with van der Waals surface area (Å²) < 4.78 is 0. The van der Waals surface area contributed by atoms with E-state index in [0.717, 1.165) is 25.2 Å². The molecule has 0 unspecified atom stereocenters. The van der Waals surface area contributed by atoms with Crippen molar-refractivity contribution >= 4 is 17.1 Å². The van der Waals surface area contributed by atoms with Gasteiger partial charge in [-0.3, -0.25) is 4.99 Å². The Morgan fingerprint density at radius 1 is 0.750 bits per heavy atom. The number of rotatable bonds is 3. The first kappa shape index (κ1) is 14.7. The fraction of sp³-hybridized carbons (Fsp3) is 0.136. The molecule has 0 spiro atoms. The first-order valence-corrected chi connectivity index (χ1v) is 8.41. The van der Waals surface area contributed by atoms with Gasteiger partial charge in [0.15, 0.2) is 0 Å². The normalized spacial score (nSPS) is 13.8. The number of anilines is 1. The van der Waals surface area contributed by atoms with Crippen molar-refractivity contribution in [2.24, 2.45) is 4.99 Å². The molecule has 2 nitrogen and oxygen atoms in total. The van der Waals surface area contributed by atoms with Gasteiger partial charge in [0.2, 0.25) is 0 Å². The number of hydrogen-bond donors (Lipinski definition) is 0. The molecule has 0 aliphatic carbocycles. The van der Waals surface area contributed by atoms with Gasteiger partial charge >= 0.3 is 0 Å². The van der Waals surface area contributed by atoms with E-state index < -0.39 is 0 Å². The Labute approximate surface area is 143 Å². The minimum Gasteiger partial charge on any atom is -0.365 e. The first-order valence-electron chi connectivity index (χ1n) is 8.41. The number of nitrogens with zero attached hydrogens (tertiary/aromatic N) is 2. The molecule has 3 aromatic carbocycles. The first-order chi connectivity index (χ1) is 11.9. The third-order valence-electron chi connectivity index (χ3n) is 4.42. The molecule has 0 aromatic heterocycles. The Bertz CT molecular complexity index is 838. The maximum atomic E-state index is 4.98. The quantitative estimate of drug-likeness (QED) is 0.647. The lowest BCUT2D eigenvalue weighted by molar-refractivity contribution is 0.812. The lowest BCUT2D eigenvalue weighted by Gasteiger charge is -2.24. The Morgan fingerprint density at radius 2 is 1.42 bits per heavy atom. The van der Waals surface area contributed by atoms with Crippen LogP contribution >= 0.6 is 0 Å². The van der Waals surface area contributed by atoms with E-state index in [1.54, 1.807) is 0 Å². The summed E-state index contributed by atoms with van der Waals surface area (Å²) in [7, 11) is 0. The van der Waals surface area contributed by atoms with Crippen LogP contribution in [0.1, 0.15) is 17.5 Å². The van der Waals surface area contributed by atoms with E-state index in [-0.39, 0.29) is 0 Å². The maximum Gasteiger partial charge on any atom is 0.0866 e. The second kappa shape index (κ2) is 6.71. The highest BCUT2D eigenvalue weighted by molar-refractivity contribution is 6.03. The van der Waals surface area contributed by atoms with Crippen molar-refractivity contribution in [3.63, 3.8) is 0 Å². The van der Waals surface area contributed by atoms with Gasteiger partial charge in [0.25, 0.3) is 0 Å². The van der Waals surface area contributed by atoms with Crippen LogP contribution in [0.4, 0.5) is 11.4 Å². The minimum atomic E-state index is 0.912. The van der Waals surface area contributed by atoms with Gasteiger partial charge in [-0.1, -0.05) is 72.8 Å². The SMILES string of the molecule is c1ccc(CN2CCC(c3ccccc3)=Nc3ccccc32)cc1. The summed E-state index contributed by atoms with van der Waals surface area (Å²) in [5.41, 5.74) is 5.99. The zero-order chi connectivity index (χ0) is 16.2. The zero-order valence-corrected chi connectivity index (χ0v) is 13.6. The number of hydrogen-bond acceptors (Lipinski definition) is 2. The third-order valence-corrected chi connectivity index (χ3v) is 4.42. The molecule has 0 bridgehead atoms. The van der Waals surface area contributed by atoms with Crippen LogP contribution in [0.25, 0.3) is 0 Å². The van der Waals surface area contributed by atoms with Gasteiger partial charge in [-0.15, -0.1) is 0 Å². The van der Waals surface area contributed by atoms with E-state index in [0.29, 0.717) is 0 Å². The standard InChI is InChI=1S/C22H20N2/c1-3-9-18(10-4-1)17-24-16-15-20(19-11-5-2-6-12-19)23-21-13-7-8-14-22(21)24/h1-14H,15-17H2. The Morgan fingerprint density at radius 3 is 2.21 bits per heavy atom. The van der Waals surface area contributed by atoms with Crippen LogP contribution in [0, 0.1) is 0 Å². The predicted octanol–water partition coefficient (Wildman–Crippen LogP) is 5.22. The van der Waals surface area contributed by atoms with Crippen molar-refractivity contribution in [1.29, 1.82) is 0 Å². The lowest BCUT2D eigenvalue weighted by atomic mass is 10.1. The van der Waals surface area contributed by atoms with Gasteiger partial charge in [0.1, 0.15) is 0 Å². The highest BCUT2D eigenvalue weighted by atomic mass is 15.1. The summed E-state index contributed by atoms with van der Waals surface area (Å²) in [6.07, 6.45) is 0.950. The molecule has 1 aliphatic heterocycles. The monoisotopic (exact) mass is 312 g/mol. The molecule has 118 valence electrons. The highest BCUT2D eigenvalue weighted by Gasteiger charge is 2.17. The van der Waals surface area contributed by atoms with Crippen LogP contribution in [-0.2, 0) is 6.54 Å². The van der Waals surface area contributed by atoms with Gasteiger partial charge in [-0.25, -0.2) is 0 Å². The molecule has 0 atom stereocenters. The fourth-order valence-electron chi connectivity index (χ4n) is 3.20. The van der Waals surface area contributed by atoms with Crippen LogP contribution in [0.15, 0.2) is 89.9 Å². The topological polar surface area (TPSA) is 15.6 Å². The number of para-hydroxylation sites is 2. The molecule has 1 heterocycles. The fourth-order valence-corrected chi connectivity index (χ4v) is 3.20. The van der Waals surface area contributed by atoms with Crippen molar-refractivity contribution < 1.29 is 0 Å². The summed E-state index contributed by atoms with van der Waals surface area (Å²) in [6.45, 7) is 1.88. The van der Waals surface area contributed by atoms with E-state index in [2.05, 4.69) is 89.8 Å². The van der Waals surface area contributed by atoms with Crippen molar-refractivity contribution in [2.75, 3.05) is 11.4 Å². The molecule has 4 rings (SSSR count). The van der Waals surface area contributed by atoms with Crippen LogP contribution in [0.5, 0.6) is 0 Å². The average molecular weight is 312 g/mol. The van der Waals surface area contributed by atoms with Crippen LogP contribution in [0.2, 0.25) is 0 Å². The zero-order valence-electron chi connectivity index (χ0n) is 13.6. The molecule has 2 heteroatoms. The van der Waals surface area contributed by atoms with E-state index >= 15 is 0 Å². The Balaban J connectivity index is 1.68. The highest BCUT2D eigenvalue weighted by Crippen LogP contribution is 2.33. The average Bonchev–Trinajstić information content (AvgIpc) is 2.83. The van der Waals surface area contributed by atoms with Gasteiger partial charge < -0.3 is 4.90 Å². The summed E-state index contributed by atoms with van der Waals surface area (Å²) in [5.74, 6) is 0. The molecule has 24 heavy (non-hydrogen) atoms. The van der Waals surface area contributed by atoms with Gasteiger partial charge in [-0.05, 0) is 23.3 Å². The Kier molecular flexibility index (Phi) is 4.11. The summed E-state index contributed by atoms with van der Waals surface area (Å²) in [5, 5.41) is 0. The van der Waals surface area contributed by atoms with Crippen LogP contribution in [-0.4, -0.2) is 12.3 Å². The third kappa shape index (κ3) is 3.09. The van der Waals surface area contributed by atoms with E-state index in [9.17, 15) is 0 Å². The van der Waals surface area contributed by atoms with Crippen molar-refractivity contribution in [3.05, 3.63) is 96.1 Å². The molecule has 0 fully saturated rings. The molecule has 0 radical (unpaired) electrons. The number of aliphatic imine (C=N–C) groups is 1. The number of fused-ring (bicyclic) bond motifs is 1. The smallest absolute Gasteiger partial charge is 0.0866 e. The van der Waals surface area contributed by atoms with Gasteiger partial charge in [0, 0.05) is 19.5 Å². The Hall–Kier alpha value is -2.87. The molecular formula is C22H20N2. The maximum absolute atomic E-state index is 4.98. The van der Waals surface area contributed by atoms with Crippen LogP contribution < -0.4 is 4.90 Å². The van der Waals surface area contributed by atoms with Crippen molar-refractivity contribution in [3.8, 4) is 0 Å². The molecule has 3 aromatic rings. The second-order valence-corrected chi connectivity index (χ2v) is 6.07. The minimum absolute atomic E-state index is 0.912. The van der Waals surface area contributed by atoms with E-state index in [1.165, 1.54) is 22.5 Å². The molecule has 0 N–H and O–H groups in total. The van der Waals surface area contributed by atoms with Crippen LogP contribution in [0.3, 0.4) is 0 Å². The van der Waals surface area contributed by atoms with Gasteiger partial charge in [-0.2, -0.15) is 0 Å². The van der Waals surface area contributed by atoms with Crippen molar-refractivity contribution in [1.82, 2.24) is 0 Å². The van der Waals surface area contributed by atoms with Crippen molar-refractivity contribution in [2.45, 2.75) is 13.0 Å². The second-order valence-electron chi connectivity index (χ2n) is 6.07. The summed E-state index contributed by atoms with van der Waals surface area (Å²) in [6, 6.07) is 29.6. The predicted molar refractivity (Wildman–Crippen MR) is 101 cm³/mol. The largest absolute Gasteiger partial charge is 0.365 e. The summed E-state index contributed by atoms with van der Waals surface area (Å²) in [4.78, 5) is 7.41. The molecular weight excluding hydrogens is 292 g/mol. The lowest BCUT2D eigenvalue weighted by Crippen LogP contribution is -2.24. The summed E-state index contributed by atoms with van der Waals surface area (Å²) >= 11 is 0. The molecule has 0 saturated carbocycles. The number of benzene rings is 3. The molecule has 0 amide bonds. The van der Waals surface area contributed by atoms with E-state index in [1.807, 2.05) is 0 Å². The molecule has 1 aliphatic rings.